The number of halogens is 1. The molecule has 2 nitrogen and oxygen atoms in total. The third-order valence-corrected chi connectivity index (χ3v) is 1.60. The molecule has 44 valence electrons. The molecule has 0 fully saturated rings. The molecule has 1 rings (SSSR count). The lowest BCUT2D eigenvalue weighted by Crippen LogP contribution is -1.72. The van der Waals surface area contributed by atoms with Crippen LogP contribution in [0.3, 0.4) is 0 Å². The van der Waals surface area contributed by atoms with Gasteiger partial charge in [-0.2, -0.15) is 0 Å². The fraction of sp³-hybridized carbons (Fsp3) is 0.400. The van der Waals surface area contributed by atoms with E-state index in [0.717, 1.165) is 16.7 Å². The Morgan fingerprint density at radius 1 is 1.88 bits per heavy atom. The van der Waals surface area contributed by atoms with Crippen molar-refractivity contribution in [3.63, 3.8) is 0 Å². The molecule has 0 atom stereocenters. The fourth-order valence-electron chi connectivity index (χ4n) is 0.447. The van der Waals surface area contributed by atoms with Crippen LogP contribution in [0.4, 0.5) is 0 Å². The predicted molar refractivity (Wildman–Crippen MR) is 33.9 cm³/mol. The molecule has 0 amide bonds. The van der Waals surface area contributed by atoms with Gasteiger partial charge >= 0.3 is 0 Å². The topological polar surface area (TPSA) is 26.0 Å². The third kappa shape index (κ3) is 0.916. The molecular weight excluding hydrogens is 170 g/mol. The summed E-state index contributed by atoms with van der Waals surface area (Å²) < 4.78 is 4.78. The molecule has 1 aromatic heterocycles. The van der Waals surface area contributed by atoms with E-state index < -0.39 is 0 Å². The van der Waals surface area contributed by atoms with Crippen molar-refractivity contribution in [2.24, 2.45) is 0 Å². The number of alkyl halides is 1. The quantitative estimate of drug-likeness (QED) is 0.610. The minimum absolute atomic E-state index is 0.822. The van der Waals surface area contributed by atoms with Gasteiger partial charge in [0.1, 0.15) is 5.76 Å². The summed E-state index contributed by atoms with van der Waals surface area (Å²) in [5.41, 5.74) is 1.12. The van der Waals surface area contributed by atoms with Crippen molar-refractivity contribution in [3.05, 3.63) is 17.5 Å². The Labute approximate surface area is 56.0 Å². The normalized spacial score (nSPS) is 9.75. The van der Waals surface area contributed by atoms with E-state index in [1.54, 1.807) is 6.20 Å². The van der Waals surface area contributed by atoms with Crippen molar-refractivity contribution in [3.8, 4) is 0 Å². The van der Waals surface area contributed by atoms with E-state index in [9.17, 15) is 0 Å². The van der Waals surface area contributed by atoms with Gasteiger partial charge in [0.15, 0.2) is 0 Å². The third-order valence-electron chi connectivity index (χ3n) is 0.994. The Morgan fingerprint density at radius 3 is 2.88 bits per heavy atom. The predicted octanol–water partition coefficient (Wildman–Crippen LogP) is 1.88. The summed E-state index contributed by atoms with van der Waals surface area (Å²) in [6, 6.07) is 0. The largest absolute Gasteiger partial charge is 0.361 e. The zero-order chi connectivity index (χ0) is 5.98. The van der Waals surface area contributed by atoms with Gasteiger partial charge in [0.05, 0.1) is 6.20 Å². The lowest BCUT2D eigenvalue weighted by molar-refractivity contribution is 0.396. The van der Waals surface area contributed by atoms with Crippen LogP contribution in [0.1, 0.15) is 11.3 Å². The highest BCUT2D eigenvalue weighted by molar-refractivity contribution is 9.08. The Morgan fingerprint density at radius 2 is 2.62 bits per heavy atom. The molecule has 0 aliphatic heterocycles. The van der Waals surface area contributed by atoms with E-state index in [0.29, 0.717) is 0 Å². The first-order valence-electron chi connectivity index (χ1n) is 2.30. The number of hydrogen-bond donors (Lipinski definition) is 0. The molecule has 0 radical (unpaired) electrons. The van der Waals surface area contributed by atoms with E-state index in [1.165, 1.54) is 0 Å². The Kier molecular flexibility index (Phi) is 1.68. The first kappa shape index (κ1) is 5.82. The van der Waals surface area contributed by atoms with Crippen LogP contribution in [0.25, 0.3) is 0 Å². The van der Waals surface area contributed by atoms with E-state index in [4.69, 9.17) is 4.52 Å². The van der Waals surface area contributed by atoms with Crippen molar-refractivity contribution < 1.29 is 4.52 Å². The summed E-state index contributed by atoms with van der Waals surface area (Å²) in [6.07, 6.45) is 1.71. The van der Waals surface area contributed by atoms with Crippen LogP contribution >= 0.6 is 15.9 Å². The maximum absolute atomic E-state index is 4.78. The van der Waals surface area contributed by atoms with E-state index >= 15 is 0 Å². The van der Waals surface area contributed by atoms with E-state index in [1.807, 2.05) is 6.92 Å². The first-order chi connectivity index (χ1) is 3.84. The number of aryl methyl sites for hydroxylation is 1. The molecule has 0 aliphatic carbocycles. The van der Waals surface area contributed by atoms with Gasteiger partial charge in [-0.15, -0.1) is 0 Å². The maximum Gasteiger partial charge on any atom is 0.137 e. The summed E-state index contributed by atoms with van der Waals surface area (Å²) in [5, 5.41) is 4.41. The van der Waals surface area contributed by atoms with Crippen LogP contribution in [0.15, 0.2) is 10.7 Å². The second kappa shape index (κ2) is 2.31. The van der Waals surface area contributed by atoms with Crippen LogP contribution in [0, 0.1) is 6.92 Å². The average Bonchev–Trinajstić information content (AvgIpc) is 2.14. The van der Waals surface area contributed by atoms with Gasteiger partial charge in [-0.3, -0.25) is 0 Å². The summed E-state index contributed by atoms with van der Waals surface area (Å²) in [5.74, 6) is 0.891. The summed E-state index contributed by atoms with van der Waals surface area (Å²) in [4.78, 5) is 0. The first-order valence-corrected chi connectivity index (χ1v) is 3.43. The maximum atomic E-state index is 4.78. The minimum Gasteiger partial charge on any atom is -0.361 e. The van der Waals surface area contributed by atoms with Crippen molar-refractivity contribution in [1.29, 1.82) is 0 Å². The molecule has 0 saturated carbocycles. The Hall–Kier alpha value is -0.310. The van der Waals surface area contributed by atoms with Gasteiger partial charge in [-0.05, 0) is 6.92 Å². The van der Waals surface area contributed by atoms with Crippen LogP contribution in [-0.4, -0.2) is 5.16 Å². The lowest BCUT2D eigenvalue weighted by Gasteiger charge is -1.82. The van der Waals surface area contributed by atoms with Gasteiger partial charge < -0.3 is 4.52 Å². The van der Waals surface area contributed by atoms with Gasteiger partial charge in [0.2, 0.25) is 0 Å². The molecular formula is C5H6BrNO. The lowest BCUT2D eigenvalue weighted by atomic mass is 10.3. The second-order valence-electron chi connectivity index (χ2n) is 1.54. The molecule has 0 aliphatic rings. The molecule has 1 heterocycles. The second-order valence-corrected chi connectivity index (χ2v) is 2.10. The zero-order valence-electron chi connectivity index (χ0n) is 4.52. The fourth-order valence-corrected chi connectivity index (χ4v) is 0.987. The number of nitrogens with zero attached hydrogens (tertiary/aromatic N) is 1. The van der Waals surface area contributed by atoms with Crippen LogP contribution in [0.5, 0.6) is 0 Å². The molecule has 0 bridgehead atoms. The molecule has 1 aromatic rings. The van der Waals surface area contributed by atoms with Crippen LogP contribution in [-0.2, 0) is 5.33 Å². The van der Waals surface area contributed by atoms with Crippen molar-refractivity contribution in [1.82, 2.24) is 5.16 Å². The summed E-state index contributed by atoms with van der Waals surface area (Å²) >= 11 is 3.29. The standard InChI is InChI=1S/C5H6BrNO/c1-4-5(2-6)3-7-8-4/h3H,2H2,1H3. The van der Waals surface area contributed by atoms with E-state index in [-0.39, 0.29) is 0 Å². The highest BCUT2D eigenvalue weighted by Crippen LogP contribution is 2.08. The molecule has 0 aromatic carbocycles. The molecule has 0 unspecified atom stereocenters. The summed E-state index contributed by atoms with van der Waals surface area (Å²) in [7, 11) is 0. The van der Waals surface area contributed by atoms with Crippen molar-refractivity contribution >= 4 is 15.9 Å². The molecule has 3 heteroatoms. The number of aromatic nitrogens is 1. The van der Waals surface area contributed by atoms with Crippen molar-refractivity contribution in [2.45, 2.75) is 12.3 Å². The molecule has 0 N–H and O–H groups in total. The van der Waals surface area contributed by atoms with E-state index in [2.05, 4.69) is 21.1 Å². The number of hydrogen-bond acceptors (Lipinski definition) is 2. The highest BCUT2D eigenvalue weighted by Gasteiger charge is 1.97. The zero-order valence-corrected chi connectivity index (χ0v) is 6.10. The number of rotatable bonds is 1. The monoisotopic (exact) mass is 175 g/mol. The summed E-state index contributed by atoms with van der Waals surface area (Å²) in [6.45, 7) is 1.89. The Balaban J connectivity index is 2.92. The SMILES string of the molecule is Cc1oncc1CBr. The minimum atomic E-state index is 0.822. The molecule has 0 spiro atoms. The van der Waals surface area contributed by atoms with Gasteiger partial charge in [0.25, 0.3) is 0 Å². The van der Waals surface area contributed by atoms with Crippen LogP contribution < -0.4 is 0 Å². The Bertz CT molecular complexity index is 173. The average molecular weight is 176 g/mol. The van der Waals surface area contributed by atoms with Gasteiger partial charge in [-0.25, -0.2) is 0 Å². The molecule has 0 saturated heterocycles. The van der Waals surface area contributed by atoms with Gasteiger partial charge in [-0.1, -0.05) is 21.1 Å². The highest BCUT2D eigenvalue weighted by atomic mass is 79.9. The molecule has 8 heavy (non-hydrogen) atoms. The van der Waals surface area contributed by atoms with Gasteiger partial charge in [0, 0.05) is 10.9 Å². The smallest absolute Gasteiger partial charge is 0.137 e. The van der Waals surface area contributed by atoms with Crippen LogP contribution in [0.2, 0.25) is 0 Å². The van der Waals surface area contributed by atoms with Crippen molar-refractivity contribution in [2.75, 3.05) is 0 Å².